The van der Waals surface area contributed by atoms with E-state index < -0.39 is 5.82 Å². The molecule has 0 unspecified atom stereocenters. The van der Waals surface area contributed by atoms with E-state index in [1.165, 1.54) is 18.9 Å². The Morgan fingerprint density at radius 3 is 2.70 bits per heavy atom. The maximum absolute atomic E-state index is 13.8. The van der Waals surface area contributed by atoms with Crippen molar-refractivity contribution in [1.82, 2.24) is 10.6 Å². The Hall–Kier alpha value is -1.62. The zero-order chi connectivity index (χ0) is 13.9. The van der Waals surface area contributed by atoms with Gasteiger partial charge in [0.15, 0.2) is 18.2 Å². The zero-order valence-corrected chi connectivity index (χ0v) is 11.3. The van der Waals surface area contributed by atoms with Gasteiger partial charge in [0.1, 0.15) is 0 Å². The normalized spacial score (nSPS) is 17.9. The van der Waals surface area contributed by atoms with Gasteiger partial charge >= 0.3 is 0 Å². The molecule has 1 aromatic rings. The predicted octanol–water partition coefficient (Wildman–Crippen LogP) is 1.74. The molecule has 1 amide bonds. The van der Waals surface area contributed by atoms with E-state index in [0.29, 0.717) is 18.6 Å². The Morgan fingerprint density at radius 2 is 2.00 bits per heavy atom. The van der Waals surface area contributed by atoms with Gasteiger partial charge < -0.3 is 15.4 Å². The maximum atomic E-state index is 13.8. The highest BCUT2D eigenvalue weighted by molar-refractivity contribution is 5.78. The van der Waals surface area contributed by atoms with Crippen molar-refractivity contribution in [3.63, 3.8) is 0 Å². The van der Waals surface area contributed by atoms with Crippen LogP contribution >= 0.6 is 0 Å². The molecule has 1 aromatic carbocycles. The van der Waals surface area contributed by atoms with Gasteiger partial charge in [-0.15, -0.1) is 0 Å². The summed E-state index contributed by atoms with van der Waals surface area (Å²) < 4.78 is 19.2. The maximum Gasteiger partial charge on any atom is 0.258 e. The van der Waals surface area contributed by atoms with Gasteiger partial charge in [0.25, 0.3) is 5.91 Å². The van der Waals surface area contributed by atoms with Crippen LogP contribution in [0.25, 0.3) is 0 Å². The number of para-hydroxylation sites is 1. The standard InChI is InChI=1S/C15H19FN2O2/c16-13-3-1-2-10(8-17-11-4-5-11)15(13)20-9-14(19)18-12-6-7-12/h1-3,11-12,17H,4-9H2,(H,18,19). The van der Waals surface area contributed by atoms with Crippen LogP contribution in [0.3, 0.4) is 0 Å². The van der Waals surface area contributed by atoms with Gasteiger partial charge in [0.2, 0.25) is 0 Å². The SMILES string of the molecule is O=C(COc1c(F)cccc1CNC1CC1)NC1CC1. The molecule has 4 nitrogen and oxygen atoms in total. The second-order valence-electron chi connectivity index (χ2n) is 5.51. The lowest BCUT2D eigenvalue weighted by Crippen LogP contribution is -2.31. The molecule has 3 rings (SSSR count). The van der Waals surface area contributed by atoms with E-state index in [-0.39, 0.29) is 18.3 Å². The number of amides is 1. The molecule has 108 valence electrons. The molecular formula is C15H19FN2O2. The molecule has 0 radical (unpaired) electrons. The molecule has 2 aliphatic carbocycles. The number of hydrogen-bond acceptors (Lipinski definition) is 3. The van der Waals surface area contributed by atoms with Crippen LogP contribution < -0.4 is 15.4 Å². The van der Waals surface area contributed by atoms with Crippen molar-refractivity contribution >= 4 is 5.91 Å². The van der Waals surface area contributed by atoms with Crippen molar-refractivity contribution in [2.75, 3.05) is 6.61 Å². The second-order valence-corrected chi connectivity index (χ2v) is 5.51. The van der Waals surface area contributed by atoms with Crippen molar-refractivity contribution in [3.05, 3.63) is 29.6 Å². The Balaban J connectivity index is 1.58. The highest BCUT2D eigenvalue weighted by Gasteiger charge is 2.24. The number of hydrogen-bond donors (Lipinski definition) is 2. The molecule has 2 fully saturated rings. The molecule has 0 atom stereocenters. The third-order valence-corrected chi connectivity index (χ3v) is 3.50. The molecule has 5 heteroatoms. The van der Waals surface area contributed by atoms with Crippen LogP contribution in [0.2, 0.25) is 0 Å². The minimum absolute atomic E-state index is 0.131. The summed E-state index contributed by atoms with van der Waals surface area (Å²) in [6.45, 7) is 0.440. The molecule has 0 heterocycles. The van der Waals surface area contributed by atoms with Crippen LogP contribution in [0.1, 0.15) is 31.2 Å². The first-order valence-electron chi connectivity index (χ1n) is 7.15. The van der Waals surface area contributed by atoms with Gasteiger partial charge in [0.05, 0.1) is 0 Å². The highest BCUT2D eigenvalue weighted by atomic mass is 19.1. The van der Waals surface area contributed by atoms with Crippen LogP contribution in [0.5, 0.6) is 5.75 Å². The summed E-state index contributed by atoms with van der Waals surface area (Å²) in [5.41, 5.74) is 0.760. The van der Waals surface area contributed by atoms with Gasteiger partial charge in [-0.05, 0) is 31.7 Å². The summed E-state index contributed by atoms with van der Waals surface area (Å²) in [7, 11) is 0. The molecule has 2 aliphatic rings. The molecule has 0 aliphatic heterocycles. The average Bonchev–Trinajstić information content (AvgIpc) is 3.30. The summed E-state index contributed by atoms with van der Waals surface area (Å²) in [5.74, 6) is -0.414. The van der Waals surface area contributed by atoms with E-state index in [4.69, 9.17) is 4.74 Å². The van der Waals surface area contributed by atoms with Gasteiger partial charge in [-0.2, -0.15) is 0 Å². The fourth-order valence-electron chi connectivity index (χ4n) is 2.03. The van der Waals surface area contributed by atoms with Crippen LogP contribution in [0.4, 0.5) is 4.39 Å². The van der Waals surface area contributed by atoms with Crippen LogP contribution in [0.15, 0.2) is 18.2 Å². The van der Waals surface area contributed by atoms with E-state index in [9.17, 15) is 9.18 Å². The average molecular weight is 278 g/mol. The molecular weight excluding hydrogens is 259 g/mol. The predicted molar refractivity (Wildman–Crippen MR) is 72.9 cm³/mol. The topological polar surface area (TPSA) is 50.4 Å². The third-order valence-electron chi connectivity index (χ3n) is 3.50. The third kappa shape index (κ3) is 3.70. The van der Waals surface area contributed by atoms with Crippen molar-refractivity contribution in [3.8, 4) is 5.75 Å². The number of ether oxygens (including phenoxy) is 1. The number of carbonyl (C=O) groups excluding carboxylic acids is 1. The molecule has 20 heavy (non-hydrogen) atoms. The Labute approximate surface area is 117 Å². The molecule has 0 spiro atoms. The molecule has 0 aromatic heterocycles. The van der Waals surface area contributed by atoms with E-state index >= 15 is 0 Å². The van der Waals surface area contributed by atoms with E-state index in [1.807, 2.05) is 6.07 Å². The fraction of sp³-hybridized carbons (Fsp3) is 0.533. The van der Waals surface area contributed by atoms with Gasteiger partial charge in [0, 0.05) is 24.2 Å². The smallest absolute Gasteiger partial charge is 0.258 e. The highest BCUT2D eigenvalue weighted by Crippen LogP contribution is 2.25. The summed E-state index contributed by atoms with van der Waals surface area (Å²) in [5, 5.41) is 6.14. The summed E-state index contributed by atoms with van der Waals surface area (Å²) in [6.07, 6.45) is 4.41. The minimum atomic E-state index is -0.417. The largest absolute Gasteiger partial charge is 0.480 e. The van der Waals surface area contributed by atoms with Gasteiger partial charge in [-0.25, -0.2) is 4.39 Å². The lowest BCUT2D eigenvalue weighted by atomic mass is 10.2. The minimum Gasteiger partial charge on any atom is -0.480 e. The van der Waals surface area contributed by atoms with Crippen molar-refractivity contribution < 1.29 is 13.9 Å². The summed E-state index contributed by atoms with van der Waals surface area (Å²) in [6, 6.07) is 5.68. The van der Waals surface area contributed by atoms with E-state index in [1.54, 1.807) is 6.07 Å². The van der Waals surface area contributed by atoms with Crippen LogP contribution in [-0.2, 0) is 11.3 Å². The quantitative estimate of drug-likeness (QED) is 0.798. The molecule has 2 saturated carbocycles. The van der Waals surface area contributed by atoms with Crippen LogP contribution in [-0.4, -0.2) is 24.6 Å². The Bertz CT molecular complexity index is 499. The van der Waals surface area contributed by atoms with Crippen LogP contribution in [0, 0.1) is 5.82 Å². The lowest BCUT2D eigenvalue weighted by Gasteiger charge is -2.13. The molecule has 0 bridgehead atoms. The monoisotopic (exact) mass is 278 g/mol. The second kappa shape index (κ2) is 5.79. The van der Waals surface area contributed by atoms with Gasteiger partial charge in [-0.1, -0.05) is 12.1 Å². The first-order chi connectivity index (χ1) is 9.72. The summed E-state index contributed by atoms with van der Waals surface area (Å²) >= 11 is 0. The first-order valence-corrected chi connectivity index (χ1v) is 7.15. The Kier molecular flexibility index (Phi) is 3.87. The number of carbonyl (C=O) groups is 1. The number of benzene rings is 1. The fourth-order valence-corrected chi connectivity index (χ4v) is 2.03. The van der Waals surface area contributed by atoms with Crippen molar-refractivity contribution in [1.29, 1.82) is 0 Å². The Morgan fingerprint density at radius 1 is 1.25 bits per heavy atom. The lowest BCUT2D eigenvalue weighted by molar-refractivity contribution is -0.123. The van der Waals surface area contributed by atoms with Gasteiger partial charge in [-0.3, -0.25) is 4.79 Å². The van der Waals surface area contributed by atoms with Crippen molar-refractivity contribution in [2.45, 2.75) is 44.3 Å². The number of nitrogens with one attached hydrogen (secondary N) is 2. The molecule has 0 saturated heterocycles. The van der Waals surface area contributed by atoms with E-state index in [2.05, 4.69) is 10.6 Å². The number of halogens is 1. The molecule has 2 N–H and O–H groups in total. The zero-order valence-electron chi connectivity index (χ0n) is 11.3. The first kappa shape index (κ1) is 13.4. The number of rotatable bonds is 7. The van der Waals surface area contributed by atoms with Crippen molar-refractivity contribution in [2.24, 2.45) is 0 Å². The van der Waals surface area contributed by atoms with E-state index in [0.717, 1.165) is 18.4 Å². The summed E-state index contributed by atoms with van der Waals surface area (Å²) in [4.78, 5) is 11.6.